The normalized spacial score (nSPS) is 10.7. The number of fused-ring (bicyclic) bond motifs is 1. The van der Waals surface area contributed by atoms with Crippen LogP contribution in [0, 0.1) is 13.8 Å². The molecule has 2 amide bonds. The number of carbonyl (C=O) groups excluding carboxylic acids is 2. The van der Waals surface area contributed by atoms with Crippen molar-refractivity contribution in [2.45, 2.75) is 13.8 Å². The first-order valence-electron chi connectivity index (χ1n) is 10.2. The Hall–Kier alpha value is -4.19. The van der Waals surface area contributed by atoms with Crippen molar-refractivity contribution in [3.8, 4) is 11.3 Å². The van der Waals surface area contributed by atoms with E-state index >= 15 is 0 Å². The summed E-state index contributed by atoms with van der Waals surface area (Å²) in [5.41, 5.74) is 3.37. The predicted octanol–water partition coefficient (Wildman–Crippen LogP) is 4.69. The molecule has 0 saturated carbocycles. The van der Waals surface area contributed by atoms with Gasteiger partial charge >= 0.3 is 0 Å². The average molecular weight is 426 g/mol. The zero-order valence-corrected chi connectivity index (χ0v) is 18.0. The Kier molecular flexibility index (Phi) is 5.60. The number of hydrogen-bond donors (Lipinski definition) is 2. The summed E-state index contributed by atoms with van der Waals surface area (Å²) in [5, 5.41) is 5.79. The monoisotopic (exact) mass is 426 g/mol. The van der Waals surface area contributed by atoms with E-state index in [1.807, 2.05) is 37.3 Å². The van der Waals surface area contributed by atoms with E-state index in [0.29, 0.717) is 28.0 Å². The predicted molar refractivity (Wildman–Crippen MR) is 125 cm³/mol. The molecule has 0 unspecified atom stereocenters. The summed E-state index contributed by atoms with van der Waals surface area (Å²) in [5.74, 6) is -0.169. The van der Waals surface area contributed by atoms with Gasteiger partial charge < -0.3 is 15.1 Å². The fourth-order valence-corrected chi connectivity index (χ4v) is 3.63. The summed E-state index contributed by atoms with van der Waals surface area (Å²) >= 11 is 0. The zero-order chi connectivity index (χ0) is 22.8. The molecule has 0 aliphatic rings. The topological polar surface area (TPSA) is 88.4 Å². The molecule has 0 aliphatic heterocycles. The molecule has 4 rings (SSSR count). The molecule has 1 aromatic heterocycles. The van der Waals surface area contributed by atoms with Gasteiger partial charge in [-0.3, -0.25) is 14.4 Å². The molecule has 0 radical (unpaired) electrons. The van der Waals surface area contributed by atoms with Crippen LogP contribution in [0.15, 0.2) is 75.9 Å². The van der Waals surface area contributed by atoms with Crippen LogP contribution in [0.4, 0.5) is 5.69 Å². The minimum atomic E-state index is -0.405. The van der Waals surface area contributed by atoms with Crippen LogP contribution >= 0.6 is 0 Å². The molecule has 3 aromatic carbocycles. The second kappa shape index (κ2) is 8.51. The Balaban J connectivity index is 1.78. The summed E-state index contributed by atoms with van der Waals surface area (Å²) < 4.78 is 6.13. The van der Waals surface area contributed by atoms with Crippen molar-refractivity contribution >= 4 is 28.5 Å². The quantitative estimate of drug-likeness (QED) is 0.496. The Morgan fingerprint density at radius 2 is 1.62 bits per heavy atom. The van der Waals surface area contributed by atoms with Crippen LogP contribution in [-0.4, -0.2) is 18.9 Å². The maximum Gasteiger partial charge on any atom is 0.259 e. The van der Waals surface area contributed by atoms with Gasteiger partial charge in [-0.15, -0.1) is 0 Å². The Labute approximate surface area is 184 Å². The first-order chi connectivity index (χ1) is 15.4. The zero-order valence-electron chi connectivity index (χ0n) is 18.0. The average Bonchev–Trinajstić information content (AvgIpc) is 2.82. The Morgan fingerprint density at radius 1 is 0.875 bits per heavy atom. The third kappa shape index (κ3) is 3.78. The van der Waals surface area contributed by atoms with Crippen LogP contribution in [0.25, 0.3) is 22.3 Å². The highest BCUT2D eigenvalue weighted by atomic mass is 16.3. The lowest BCUT2D eigenvalue weighted by molar-refractivity contribution is 0.0962. The van der Waals surface area contributed by atoms with Gasteiger partial charge in [0.1, 0.15) is 5.76 Å². The second-order valence-electron chi connectivity index (χ2n) is 7.50. The third-order valence-electron chi connectivity index (χ3n) is 5.39. The van der Waals surface area contributed by atoms with Gasteiger partial charge in [-0.1, -0.05) is 36.4 Å². The highest BCUT2D eigenvalue weighted by molar-refractivity contribution is 6.12. The van der Waals surface area contributed by atoms with Crippen molar-refractivity contribution in [1.29, 1.82) is 0 Å². The van der Waals surface area contributed by atoms with Gasteiger partial charge in [-0.2, -0.15) is 0 Å². The van der Waals surface area contributed by atoms with E-state index in [-0.39, 0.29) is 22.5 Å². The van der Waals surface area contributed by atoms with E-state index in [9.17, 15) is 14.4 Å². The molecule has 6 nitrogen and oxygen atoms in total. The summed E-state index contributed by atoms with van der Waals surface area (Å²) in [7, 11) is 1.56. The van der Waals surface area contributed by atoms with E-state index in [1.165, 1.54) is 0 Å². The van der Waals surface area contributed by atoms with Crippen molar-refractivity contribution < 1.29 is 14.0 Å². The first kappa shape index (κ1) is 21.1. The smallest absolute Gasteiger partial charge is 0.259 e. The largest absolute Gasteiger partial charge is 0.455 e. The molecule has 0 spiro atoms. The highest BCUT2D eigenvalue weighted by Crippen LogP contribution is 2.28. The molecule has 1 heterocycles. The number of rotatable bonds is 4. The Bertz CT molecular complexity index is 1410. The third-order valence-corrected chi connectivity index (χ3v) is 5.39. The number of nitrogens with one attached hydrogen (secondary N) is 2. The number of aryl methyl sites for hydroxylation is 1. The number of para-hydroxylation sites is 1. The molecular weight excluding hydrogens is 404 g/mol. The van der Waals surface area contributed by atoms with Crippen LogP contribution in [0.3, 0.4) is 0 Å². The number of amides is 2. The molecule has 4 aromatic rings. The number of hydrogen-bond acceptors (Lipinski definition) is 4. The van der Waals surface area contributed by atoms with Gasteiger partial charge in [-0.25, -0.2) is 0 Å². The molecule has 0 atom stereocenters. The highest BCUT2D eigenvalue weighted by Gasteiger charge is 2.19. The maximum atomic E-state index is 13.1. The van der Waals surface area contributed by atoms with Gasteiger partial charge in [0.15, 0.2) is 11.0 Å². The standard InChI is InChI=1S/C26H22N2O4/c1-15-14-18(25(30)27-3)12-13-21(15)28-26(31)20-11-7-10-19-22(29)16(2)23(32-24(19)20)17-8-5-4-6-9-17/h4-14H,1-3H3,(H,27,30)(H,28,31). The fourth-order valence-electron chi connectivity index (χ4n) is 3.63. The lowest BCUT2D eigenvalue weighted by Gasteiger charge is -2.12. The number of carbonyl (C=O) groups is 2. The molecule has 0 saturated heterocycles. The van der Waals surface area contributed by atoms with E-state index in [0.717, 1.165) is 11.1 Å². The van der Waals surface area contributed by atoms with Gasteiger partial charge in [0.05, 0.1) is 10.9 Å². The van der Waals surface area contributed by atoms with Crippen LogP contribution < -0.4 is 16.1 Å². The number of anilines is 1. The molecule has 2 N–H and O–H groups in total. The Morgan fingerprint density at radius 3 is 2.31 bits per heavy atom. The summed E-state index contributed by atoms with van der Waals surface area (Å²) in [4.78, 5) is 38.0. The van der Waals surface area contributed by atoms with E-state index in [4.69, 9.17) is 4.42 Å². The maximum absolute atomic E-state index is 13.1. The van der Waals surface area contributed by atoms with Crippen LogP contribution in [0.2, 0.25) is 0 Å². The molecule has 0 fully saturated rings. The first-order valence-corrected chi connectivity index (χ1v) is 10.2. The summed E-state index contributed by atoms with van der Waals surface area (Å²) in [6.45, 7) is 3.53. The molecule has 0 bridgehead atoms. The SMILES string of the molecule is CNC(=O)c1ccc(NC(=O)c2cccc3c(=O)c(C)c(-c4ccccc4)oc23)c(C)c1. The summed E-state index contributed by atoms with van der Waals surface area (Å²) in [6, 6.07) is 19.3. The molecular formula is C26H22N2O4. The van der Waals surface area contributed by atoms with E-state index in [2.05, 4.69) is 10.6 Å². The van der Waals surface area contributed by atoms with Crippen LogP contribution in [-0.2, 0) is 0 Å². The van der Waals surface area contributed by atoms with Crippen molar-refractivity contribution in [2.24, 2.45) is 0 Å². The van der Waals surface area contributed by atoms with Gasteiger partial charge in [0.2, 0.25) is 0 Å². The molecule has 6 heteroatoms. The fraction of sp³-hybridized carbons (Fsp3) is 0.115. The van der Waals surface area contributed by atoms with E-state index < -0.39 is 5.91 Å². The van der Waals surface area contributed by atoms with Crippen molar-refractivity contribution in [2.75, 3.05) is 12.4 Å². The summed E-state index contributed by atoms with van der Waals surface area (Å²) in [6.07, 6.45) is 0. The second-order valence-corrected chi connectivity index (χ2v) is 7.50. The molecule has 160 valence electrons. The minimum absolute atomic E-state index is 0.175. The molecule has 32 heavy (non-hydrogen) atoms. The van der Waals surface area contributed by atoms with Crippen LogP contribution in [0.5, 0.6) is 0 Å². The van der Waals surface area contributed by atoms with Crippen molar-refractivity contribution in [3.63, 3.8) is 0 Å². The lowest BCUT2D eigenvalue weighted by atomic mass is 10.0. The van der Waals surface area contributed by atoms with Crippen molar-refractivity contribution in [1.82, 2.24) is 5.32 Å². The number of benzene rings is 3. The van der Waals surface area contributed by atoms with E-state index in [1.54, 1.807) is 50.4 Å². The van der Waals surface area contributed by atoms with Gasteiger partial charge in [-0.05, 0) is 49.7 Å². The minimum Gasteiger partial charge on any atom is -0.455 e. The van der Waals surface area contributed by atoms with Gasteiger partial charge in [0.25, 0.3) is 11.8 Å². The molecule has 0 aliphatic carbocycles. The van der Waals surface area contributed by atoms with Crippen LogP contribution in [0.1, 0.15) is 31.8 Å². The van der Waals surface area contributed by atoms with Gasteiger partial charge in [0, 0.05) is 29.4 Å². The lowest BCUT2D eigenvalue weighted by Crippen LogP contribution is -2.18. The van der Waals surface area contributed by atoms with Crippen molar-refractivity contribution in [3.05, 3.63) is 99.2 Å².